The van der Waals surface area contributed by atoms with Gasteiger partial charge in [-0.2, -0.15) is 0 Å². The van der Waals surface area contributed by atoms with Crippen LogP contribution in [0, 0.1) is 15.9 Å². The normalized spacial score (nSPS) is 9.83. The van der Waals surface area contributed by atoms with E-state index >= 15 is 0 Å². The van der Waals surface area contributed by atoms with Gasteiger partial charge in [-0.15, -0.1) is 0 Å². The summed E-state index contributed by atoms with van der Waals surface area (Å²) in [5.74, 6) is -0.712. The molecule has 0 bridgehead atoms. The molecular formula is C7H5ClFNO2. The van der Waals surface area contributed by atoms with Crippen LogP contribution in [0.25, 0.3) is 0 Å². The fourth-order valence-corrected chi connectivity index (χ4v) is 1.00. The van der Waals surface area contributed by atoms with Gasteiger partial charge in [0, 0.05) is 4.92 Å². The van der Waals surface area contributed by atoms with E-state index in [1.165, 1.54) is 18.2 Å². The van der Waals surface area contributed by atoms with Crippen molar-refractivity contribution in [2.24, 2.45) is 0 Å². The smallest absolute Gasteiger partial charge is 0.231 e. The molecule has 1 aromatic rings. The van der Waals surface area contributed by atoms with Crippen molar-refractivity contribution >= 4 is 11.6 Å². The van der Waals surface area contributed by atoms with E-state index in [-0.39, 0.29) is 10.6 Å². The van der Waals surface area contributed by atoms with E-state index in [4.69, 9.17) is 11.6 Å². The zero-order valence-electron chi connectivity index (χ0n) is 5.96. The highest BCUT2D eigenvalue weighted by molar-refractivity contribution is 6.30. The first-order valence-corrected chi connectivity index (χ1v) is 3.53. The Morgan fingerprint density at radius 3 is 2.83 bits per heavy atom. The lowest BCUT2D eigenvalue weighted by Gasteiger charge is -1.98. The molecule has 0 amide bonds. The second-order valence-electron chi connectivity index (χ2n) is 2.20. The zero-order valence-corrected chi connectivity index (χ0v) is 6.71. The summed E-state index contributed by atoms with van der Waals surface area (Å²) in [6.45, 7) is -0.535. The van der Waals surface area contributed by atoms with Gasteiger partial charge in [0.05, 0.1) is 10.6 Å². The molecule has 0 saturated carbocycles. The van der Waals surface area contributed by atoms with Gasteiger partial charge >= 0.3 is 0 Å². The van der Waals surface area contributed by atoms with Crippen LogP contribution < -0.4 is 0 Å². The lowest BCUT2D eigenvalue weighted by atomic mass is 10.2. The number of benzene rings is 1. The quantitative estimate of drug-likeness (QED) is 0.529. The minimum Gasteiger partial charge on any atom is -0.264 e. The summed E-state index contributed by atoms with van der Waals surface area (Å²) in [5, 5.41) is 9.94. The Kier molecular flexibility index (Phi) is 2.60. The molecule has 0 heterocycles. The van der Waals surface area contributed by atoms with E-state index in [0.29, 0.717) is 0 Å². The first kappa shape index (κ1) is 8.93. The molecule has 0 aromatic heterocycles. The van der Waals surface area contributed by atoms with Crippen LogP contribution in [0.4, 0.5) is 4.39 Å². The van der Waals surface area contributed by atoms with Crippen molar-refractivity contribution in [3.8, 4) is 0 Å². The molecule has 64 valence electrons. The number of hydrogen-bond donors (Lipinski definition) is 0. The van der Waals surface area contributed by atoms with Gasteiger partial charge in [0.2, 0.25) is 6.54 Å². The van der Waals surface area contributed by atoms with Crippen LogP contribution in [0.2, 0.25) is 5.02 Å². The maximum Gasteiger partial charge on any atom is 0.231 e. The first-order chi connectivity index (χ1) is 5.61. The zero-order chi connectivity index (χ0) is 9.14. The molecule has 0 aliphatic rings. The third kappa shape index (κ3) is 1.92. The van der Waals surface area contributed by atoms with E-state index in [1.807, 2.05) is 0 Å². The second-order valence-corrected chi connectivity index (χ2v) is 2.61. The van der Waals surface area contributed by atoms with Gasteiger partial charge in [-0.25, -0.2) is 4.39 Å². The molecule has 0 radical (unpaired) electrons. The fraction of sp³-hybridized carbons (Fsp3) is 0.143. The van der Waals surface area contributed by atoms with Crippen LogP contribution in [-0.2, 0) is 6.54 Å². The van der Waals surface area contributed by atoms with Gasteiger partial charge in [-0.1, -0.05) is 17.7 Å². The molecule has 1 rings (SSSR count). The molecule has 0 spiro atoms. The third-order valence-electron chi connectivity index (χ3n) is 1.33. The van der Waals surface area contributed by atoms with E-state index < -0.39 is 17.3 Å². The van der Waals surface area contributed by atoms with E-state index in [1.54, 1.807) is 0 Å². The molecular weight excluding hydrogens is 185 g/mol. The molecule has 12 heavy (non-hydrogen) atoms. The minimum absolute atomic E-state index is 0.00694. The number of nitro groups is 1. The van der Waals surface area contributed by atoms with Gasteiger partial charge in [0.15, 0.2) is 5.82 Å². The number of nitrogens with zero attached hydrogens (tertiary/aromatic N) is 1. The van der Waals surface area contributed by atoms with Crippen LogP contribution in [0.5, 0.6) is 0 Å². The van der Waals surface area contributed by atoms with E-state index in [2.05, 4.69) is 0 Å². The number of halogens is 2. The monoisotopic (exact) mass is 189 g/mol. The summed E-state index contributed by atoms with van der Waals surface area (Å²) in [6, 6.07) is 4.16. The lowest BCUT2D eigenvalue weighted by Crippen LogP contribution is -2.00. The van der Waals surface area contributed by atoms with Gasteiger partial charge in [0.1, 0.15) is 0 Å². The van der Waals surface area contributed by atoms with Crippen molar-refractivity contribution in [1.82, 2.24) is 0 Å². The molecule has 0 fully saturated rings. The molecule has 0 saturated heterocycles. The highest BCUT2D eigenvalue weighted by Gasteiger charge is 2.10. The predicted molar refractivity (Wildman–Crippen MR) is 42.1 cm³/mol. The van der Waals surface area contributed by atoms with Crippen molar-refractivity contribution in [3.63, 3.8) is 0 Å². The fourth-order valence-electron chi connectivity index (χ4n) is 0.810. The van der Waals surface area contributed by atoms with Gasteiger partial charge in [-0.05, 0) is 12.1 Å². The summed E-state index contributed by atoms with van der Waals surface area (Å²) in [7, 11) is 0. The Hall–Kier alpha value is -1.16. The summed E-state index contributed by atoms with van der Waals surface area (Å²) in [4.78, 5) is 9.43. The highest BCUT2D eigenvalue weighted by Crippen LogP contribution is 2.17. The maximum absolute atomic E-state index is 12.9. The van der Waals surface area contributed by atoms with Gasteiger partial charge in [0.25, 0.3) is 0 Å². The maximum atomic E-state index is 12.9. The van der Waals surface area contributed by atoms with Gasteiger partial charge in [-0.3, -0.25) is 10.1 Å². The lowest BCUT2D eigenvalue weighted by molar-refractivity contribution is -0.497. The Labute approximate surface area is 72.9 Å². The Morgan fingerprint density at radius 2 is 2.25 bits per heavy atom. The summed E-state index contributed by atoms with van der Waals surface area (Å²) >= 11 is 5.40. The molecule has 3 nitrogen and oxygen atoms in total. The van der Waals surface area contributed by atoms with E-state index in [9.17, 15) is 14.5 Å². The molecule has 1 aromatic carbocycles. The summed E-state index contributed by atoms with van der Waals surface area (Å²) in [6.07, 6.45) is 0. The van der Waals surface area contributed by atoms with Gasteiger partial charge < -0.3 is 0 Å². The van der Waals surface area contributed by atoms with E-state index in [0.717, 1.165) is 0 Å². The molecule has 0 unspecified atom stereocenters. The highest BCUT2D eigenvalue weighted by atomic mass is 35.5. The number of hydrogen-bond acceptors (Lipinski definition) is 2. The first-order valence-electron chi connectivity index (χ1n) is 3.16. The van der Waals surface area contributed by atoms with Crippen LogP contribution >= 0.6 is 11.6 Å². The van der Waals surface area contributed by atoms with Crippen LogP contribution in [0.1, 0.15) is 5.56 Å². The molecule has 0 atom stereocenters. The van der Waals surface area contributed by atoms with Crippen molar-refractivity contribution < 1.29 is 9.31 Å². The molecule has 0 aliphatic carbocycles. The SMILES string of the molecule is O=[N+]([O-])Cc1cccc(Cl)c1F. The molecule has 0 aliphatic heterocycles. The topological polar surface area (TPSA) is 43.1 Å². The van der Waals surface area contributed by atoms with Crippen LogP contribution in [0.15, 0.2) is 18.2 Å². The average Bonchev–Trinajstić information content (AvgIpc) is 1.98. The Morgan fingerprint density at radius 1 is 1.58 bits per heavy atom. The van der Waals surface area contributed by atoms with Crippen molar-refractivity contribution in [2.45, 2.75) is 6.54 Å². The van der Waals surface area contributed by atoms with Crippen LogP contribution in [-0.4, -0.2) is 4.92 Å². The Balaban J connectivity index is 3.00. The second kappa shape index (κ2) is 3.49. The average molecular weight is 190 g/mol. The third-order valence-corrected chi connectivity index (χ3v) is 1.62. The van der Waals surface area contributed by atoms with Crippen molar-refractivity contribution in [1.29, 1.82) is 0 Å². The summed E-state index contributed by atoms with van der Waals surface area (Å²) < 4.78 is 12.9. The molecule has 0 N–H and O–H groups in total. The van der Waals surface area contributed by atoms with Crippen LogP contribution in [0.3, 0.4) is 0 Å². The summed E-state index contributed by atoms with van der Waals surface area (Å²) in [5.41, 5.74) is 0.00694. The largest absolute Gasteiger partial charge is 0.264 e. The number of rotatable bonds is 2. The van der Waals surface area contributed by atoms with Crippen molar-refractivity contribution in [3.05, 3.63) is 44.7 Å². The standard InChI is InChI=1S/C7H5ClFNO2/c8-6-3-1-2-5(7(6)9)4-10(11)12/h1-3H,4H2. The molecule has 5 heteroatoms. The van der Waals surface area contributed by atoms with Crippen molar-refractivity contribution in [2.75, 3.05) is 0 Å². The Bertz CT molecular complexity index is 316. The predicted octanol–water partition coefficient (Wildman–Crippen LogP) is 2.26. The minimum atomic E-state index is -0.712.